The molecule has 3 aromatic rings. The zero-order valence-electron chi connectivity index (χ0n) is 14.5. The second kappa shape index (κ2) is 6.24. The fourth-order valence-corrected chi connectivity index (χ4v) is 3.55. The van der Waals surface area contributed by atoms with Crippen molar-refractivity contribution in [1.29, 1.82) is 0 Å². The van der Waals surface area contributed by atoms with Crippen molar-refractivity contribution in [3.63, 3.8) is 0 Å². The third kappa shape index (κ3) is 2.76. The number of benzene rings is 2. The molecule has 1 amide bonds. The first-order valence-electron chi connectivity index (χ1n) is 8.62. The monoisotopic (exact) mass is 335 g/mol. The van der Waals surface area contributed by atoms with Crippen molar-refractivity contribution < 1.29 is 9.53 Å². The predicted molar refractivity (Wildman–Crippen MR) is 98.0 cm³/mol. The summed E-state index contributed by atoms with van der Waals surface area (Å²) < 4.78 is 7.58. The Bertz CT molecular complexity index is 914. The van der Waals surface area contributed by atoms with Crippen molar-refractivity contribution in [3.8, 4) is 5.75 Å². The molecule has 1 fully saturated rings. The Balaban J connectivity index is 1.60. The number of anilines is 1. The molecule has 0 saturated carbocycles. The fraction of sp³-hybridized carbons (Fsp3) is 0.300. The smallest absolute Gasteiger partial charge is 0.227 e. The minimum Gasteiger partial charge on any atom is -0.494 e. The second-order valence-corrected chi connectivity index (χ2v) is 6.35. The summed E-state index contributed by atoms with van der Waals surface area (Å²) in [5, 5.41) is 0. The van der Waals surface area contributed by atoms with E-state index in [9.17, 15) is 4.79 Å². The largest absolute Gasteiger partial charge is 0.494 e. The van der Waals surface area contributed by atoms with Crippen LogP contribution in [-0.4, -0.2) is 28.6 Å². The van der Waals surface area contributed by atoms with Gasteiger partial charge in [0.15, 0.2) is 0 Å². The van der Waals surface area contributed by atoms with E-state index in [1.807, 2.05) is 61.3 Å². The van der Waals surface area contributed by atoms with E-state index in [4.69, 9.17) is 9.72 Å². The van der Waals surface area contributed by atoms with E-state index >= 15 is 0 Å². The first-order valence-corrected chi connectivity index (χ1v) is 8.62. The summed E-state index contributed by atoms with van der Waals surface area (Å²) in [4.78, 5) is 19.2. The number of fused-ring (bicyclic) bond motifs is 1. The van der Waals surface area contributed by atoms with Gasteiger partial charge in [0.25, 0.3) is 0 Å². The van der Waals surface area contributed by atoms with Crippen molar-refractivity contribution >= 4 is 22.6 Å². The van der Waals surface area contributed by atoms with Crippen LogP contribution >= 0.6 is 0 Å². The lowest BCUT2D eigenvalue weighted by Crippen LogP contribution is -2.24. The van der Waals surface area contributed by atoms with Crippen LogP contribution in [0.1, 0.15) is 25.1 Å². The molecule has 0 bridgehead atoms. The number of imidazole rings is 1. The van der Waals surface area contributed by atoms with Crippen LogP contribution in [0.15, 0.2) is 48.5 Å². The molecule has 1 aliphatic heterocycles. The molecule has 0 radical (unpaired) electrons. The second-order valence-electron chi connectivity index (χ2n) is 6.35. The van der Waals surface area contributed by atoms with Crippen molar-refractivity contribution in [2.24, 2.45) is 7.05 Å². The Labute approximate surface area is 146 Å². The van der Waals surface area contributed by atoms with Crippen LogP contribution in [0, 0.1) is 0 Å². The van der Waals surface area contributed by atoms with Crippen LogP contribution < -0.4 is 9.64 Å². The highest BCUT2D eigenvalue weighted by Gasteiger charge is 2.34. The van der Waals surface area contributed by atoms with Gasteiger partial charge in [0, 0.05) is 31.6 Å². The molecule has 0 aliphatic carbocycles. The van der Waals surface area contributed by atoms with Gasteiger partial charge in [0.1, 0.15) is 11.6 Å². The number of ether oxygens (including phenoxy) is 1. The van der Waals surface area contributed by atoms with Gasteiger partial charge in [-0.05, 0) is 43.3 Å². The number of aromatic nitrogens is 2. The van der Waals surface area contributed by atoms with Crippen molar-refractivity contribution in [3.05, 3.63) is 54.4 Å². The lowest BCUT2D eigenvalue weighted by atomic mass is 10.1. The number of aryl methyl sites for hydroxylation is 1. The Morgan fingerprint density at radius 3 is 2.64 bits per heavy atom. The summed E-state index contributed by atoms with van der Waals surface area (Å²) in [6.45, 7) is 3.25. The number of rotatable bonds is 4. The molecule has 0 spiro atoms. The molecular formula is C20H21N3O2. The maximum atomic E-state index is 12.6. The number of hydrogen-bond acceptors (Lipinski definition) is 3. The van der Waals surface area contributed by atoms with Gasteiger partial charge in [0.2, 0.25) is 5.91 Å². The van der Waals surface area contributed by atoms with Crippen LogP contribution in [-0.2, 0) is 11.8 Å². The van der Waals surface area contributed by atoms with Gasteiger partial charge in [-0.15, -0.1) is 0 Å². The van der Waals surface area contributed by atoms with Gasteiger partial charge >= 0.3 is 0 Å². The number of hydrogen-bond donors (Lipinski definition) is 0. The maximum Gasteiger partial charge on any atom is 0.227 e. The van der Waals surface area contributed by atoms with E-state index in [0.29, 0.717) is 19.6 Å². The fourth-order valence-electron chi connectivity index (χ4n) is 3.55. The van der Waals surface area contributed by atoms with Crippen molar-refractivity contribution in [2.75, 3.05) is 18.1 Å². The highest BCUT2D eigenvalue weighted by atomic mass is 16.5. The van der Waals surface area contributed by atoms with Crippen LogP contribution in [0.4, 0.5) is 5.69 Å². The summed E-state index contributed by atoms with van der Waals surface area (Å²) in [5.74, 6) is 2.05. The molecule has 1 saturated heterocycles. The summed E-state index contributed by atoms with van der Waals surface area (Å²) in [6.07, 6.45) is 0.490. The van der Waals surface area contributed by atoms with Crippen molar-refractivity contribution in [2.45, 2.75) is 19.3 Å². The SMILES string of the molecule is CCOc1ccc(N2C[C@@H](c3nc4ccccc4n3C)CC2=O)cc1. The van der Waals surface area contributed by atoms with Gasteiger partial charge < -0.3 is 14.2 Å². The highest BCUT2D eigenvalue weighted by molar-refractivity contribution is 5.96. The minimum atomic E-state index is 0.108. The lowest BCUT2D eigenvalue weighted by molar-refractivity contribution is -0.117. The summed E-state index contributed by atoms with van der Waals surface area (Å²) in [7, 11) is 2.02. The number of carbonyl (C=O) groups excluding carboxylic acids is 1. The highest BCUT2D eigenvalue weighted by Crippen LogP contribution is 2.33. The molecule has 2 aromatic carbocycles. The van der Waals surface area contributed by atoms with E-state index in [0.717, 1.165) is 28.3 Å². The Hall–Kier alpha value is -2.82. The van der Waals surface area contributed by atoms with Gasteiger partial charge in [-0.1, -0.05) is 12.1 Å². The molecule has 25 heavy (non-hydrogen) atoms. The van der Waals surface area contributed by atoms with Crippen LogP contribution in [0.5, 0.6) is 5.75 Å². The van der Waals surface area contributed by atoms with Gasteiger partial charge in [-0.3, -0.25) is 4.79 Å². The molecule has 1 aliphatic rings. The molecule has 1 atom stereocenters. The average molecular weight is 335 g/mol. The Kier molecular flexibility index (Phi) is 3.92. The van der Waals surface area contributed by atoms with Gasteiger partial charge in [-0.2, -0.15) is 0 Å². The zero-order valence-corrected chi connectivity index (χ0v) is 14.5. The first-order chi connectivity index (χ1) is 12.2. The predicted octanol–water partition coefficient (Wildman–Crippen LogP) is 3.49. The molecule has 0 unspecified atom stereocenters. The lowest BCUT2D eigenvalue weighted by Gasteiger charge is -2.17. The van der Waals surface area contributed by atoms with Crippen LogP contribution in [0.2, 0.25) is 0 Å². The molecule has 1 aromatic heterocycles. The average Bonchev–Trinajstić information content (AvgIpc) is 3.17. The standard InChI is InChI=1S/C20H21N3O2/c1-3-25-16-10-8-15(9-11-16)23-13-14(12-19(23)24)20-21-17-6-4-5-7-18(17)22(20)2/h4-11,14H,3,12-13H2,1-2H3/t14-/m0/s1. The molecule has 5 heteroatoms. The third-order valence-electron chi connectivity index (χ3n) is 4.77. The Morgan fingerprint density at radius 1 is 1.16 bits per heavy atom. The minimum absolute atomic E-state index is 0.108. The van der Waals surface area contributed by atoms with Gasteiger partial charge in [-0.25, -0.2) is 4.98 Å². The molecular weight excluding hydrogens is 314 g/mol. The van der Waals surface area contributed by atoms with E-state index in [-0.39, 0.29) is 11.8 Å². The summed E-state index contributed by atoms with van der Waals surface area (Å²) in [6, 6.07) is 15.8. The van der Waals surface area contributed by atoms with E-state index < -0.39 is 0 Å². The maximum absolute atomic E-state index is 12.6. The van der Waals surface area contributed by atoms with E-state index in [1.54, 1.807) is 0 Å². The molecule has 5 nitrogen and oxygen atoms in total. The molecule has 2 heterocycles. The number of para-hydroxylation sites is 2. The van der Waals surface area contributed by atoms with Crippen LogP contribution in [0.3, 0.4) is 0 Å². The quantitative estimate of drug-likeness (QED) is 0.733. The van der Waals surface area contributed by atoms with Crippen LogP contribution in [0.25, 0.3) is 11.0 Å². The Morgan fingerprint density at radius 2 is 1.92 bits per heavy atom. The molecule has 128 valence electrons. The van der Waals surface area contributed by atoms with Crippen molar-refractivity contribution in [1.82, 2.24) is 9.55 Å². The summed E-state index contributed by atoms with van der Waals surface area (Å²) >= 11 is 0. The summed E-state index contributed by atoms with van der Waals surface area (Å²) in [5.41, 5.74) is 2.99. The topological polar surface area (TPSA) is 47.4 Å². The van der Waals surface area contributed by atoms with E-state index in [1.165, 1.54) is 0 Å². The zero-order chi connectivity index (χ0) is 17.4. The number of amides is 1. The third-order valence-corrected chi connectivity index (χ3v) is 4.77. The molecule has 4 rings (SSSR count). The van der Waals surface area contributed by atoms with E-state index in [2.05, 4.69) is 10.6 Å². The number of carbonyl (C=O) groups is 1. The normalized spacial score (nSPS) is 17.4. The first kappa shape index (κ1) is 15.7. The molecule has 0 N–H and O–H groups in total. The number of nitrogens with zero attached hydrogens (tertiary/aromatic N) is 3. The van der Waals surface area contributed by atoms with Gasteiger partial charge in [0.05, 0.1) is 17.6 Å².